The largest absolute Gasteiger partial charge is 0.354 e. The molecule has 0 saturated carbocycles. The highest BCUT2D eigenvalue weighted by molar-refractivity contribution is 5.75. The van der Waals surface area contributed by atoms with Gasteiger partial charge in [0.1, 0.15) is 12.4 Å². The summed E-state index contributed by atoms with van der Waals surface area (Å²) in [7, 11) is 0. The number of rotatable bonds is 7. The number of benzene rings is 1. The van der Waals surface area contributed by atoms with Crippen LogP contribution in [0.1, 0.15) is 6.42 Å². The number of halogens is 1. The molecule has 3 rings (SSSR count). The molecule has 7 heteroatoms. The van der Waals surface area contributed by atoms with Crippen LogP contribution in [0, 0.1) is 5.82 Å². The Balaban J connectivity index is 1.45. The van der Waals surface area contributed by atoms with Crippen LogP contribution >= 0.6 is 0 Å². The third-order valence-corrected chi connectivity index (χ3v) is 3.59. The fourth-order valence-corrected chi connectivity index (χ4v) is 2.35. The van der Waals surface area contributed by atoms with Gasteiger partial charge in [-0.1, -0.05) is 12.1 Å². The summed E-state index contributed by atoms with van der Waals surface area (Å²) >= 11 is 0. The first-order valence-corrected chi connectivity index (χ1v) is 7.71. The zero-order valence-corrected chi connectivity index (χ0v) is 13.1. The van der Waals surface area contributed by atoms with Crippen LogP contribution in [0.15, 0.2) is 55.4 Å². The average molecular weight is 327 g/mol. The number of carbonyl (C=O) groups is 1. The molecule has 0 saturated heterocycles. The van der Waals surface area contributed by atoms with Gasteiger partial charge in [0, 0.05) is 37.2 Å². The van der Waals surface area contributed by atoms with Gasteiger partial charge in [-0.2, -0.15) is 5.10 Å². The summed E-state index contributed by atoms with van der Waals surface area (Å²) in [6.45, 7) is 1.58. The Bertz CT molecular complexity index is 780. The van der Waals surface area contributed by atoms with Crippen LogP contribution in [0.4, 0.5) is 4.39 Å². The maximum Gasteiger partial charge on any atom is 0.241 e. The molecule has 2 heterocycles. The predicted octanol–water partition coefficient (Wildman–Crippen LogP) is 2.09. The normalized spacial score (nSPS) is 10.7. The van der Waals surface area contributed by atoms with Crippen molar-refractivity contribution in [1.82, 2.24) is 24.6 Å². The topological polar surface area (TPSA) is 64.7 Å². The van der Waals surface area contributed by atoms with Crippen molar-refractivity contribution in [2.75, 3.05) is 6.54 Å². The SMILES string of the molecule is O=C(Cn1cc(-c2ccc(F)cc2)cn1)NCCCn1ccnc1. The summed E-state index contributed by atoms with van der Waals surface area (Å²) in [6, 6.07) is 6.18. The van der Waals surface area contributed by atoms with Gasteiger partial charge >= 0.3 is 0 Å². The minimum absolute atomic E-state index is 0.0885. The molecule has 3 aromatic rings. The second-order valence-corrected chi connectivity index (χ2v) is 5.44. The molecule has 2 aromatic heterocycles. The highest BCUT2D eigenvalue weighted by Crippen LogP contribution is 2.18. The molecule has 0 atom stereocenters. The molecule has 0 radical (unpaired) electrons. The lowest BCUT2D eigenvalue weighted by atomic mass is 10.1. The third kappa shape index (κ3) is 4.28. The van der Waals surface area contributed by atoms with Gasteiger partial charge < -0.3 is 9.88 Å². The monoisotopic (exact) mass is 327 g/mol. The first-order valence-electron chi connectivity index (χ1n) is 7.71. The van der Waals surface area contributed by atoms with Gasteiger partial charge in [-0.3, -0.25) is 9.48 Å². The predicted molar refractivity (Wildman–Crippen MR) is 87.5 cm³/mol. The van der Waals surface area contributed by atoms with E-state index in [1.54, 1.807) is 41.7 Å². The quantitative estimate of drug-likeness (QED) is 0.676. The van der Waals surface area contributed by atoms with E-state index in [9.17, 15) is 9.18 Å². The minimum atomic E-state index is -0.277. The maximum atomic E-state index is 12.9. The summed E-state index contributed by atoms with van der Waals surface area (Å²) in [5.41, 5.74) is 1.71. The van der Waals surface area contributed by atoms with Crippen LogP contribution in [0.25, 0.3) is 11.1 Å². The molecule has 0 unspecified atom stereocenters. The Kier molecular flexibility index (Phi) is 5.00. The fourth-order valence-electron chi connectivity index (χ4n) is 2.35. The number of hydrogen-bond donors (Lipinski definition) is 1. The van der Waals surface area contributed by atoms with E-state index >= 15 is 0 Å². The number of aryl methyl sites for hydroxylation is 1. The Morgan fingerprint density at radius 2 is 2.04 bits per heavy atom. The van der Waals surface area contributed by atoms with Crippen molar-refractivity contribution in [3.8, 4) is 11.1 Å². The number of aromatic nitrogens is 4. The Hall–Kier alpha value is -2.96. The van der Waals surface area contributed by atoms with E-state index < -0.39 is 0 Å². The van der Waals surface area contributed by atoms with Crippen LogP contribution in [-0.4, -0.2) is 31.8 Å². The van der Waals surface area contributed by atoms with Crippen molar-refractivity contribution >= 4 is 5.91 Å². The van der Waals surface area contributed by atoms with E-state index in [1.807, 2.05) is 10.8 Å². The lowest BCUT2D eigenvalue weighted by molar-refractivity contribution is -0.121. The first kappa shape index (κ1) is 15.9. The third-order valence-electron chi connectivity index (χ3n) is 3.59. The molecule has 1 aromatic carbocycles. The molecular weight excluding hydrogens is 309 g/mol. The van der Waals surface area contributed by atoms with Crippen molar-refractivity contribution < 1.29 is 9.18 Å². The van der Waals surface area contributed by atoms with Crippen LogP contribution in [0.3, 0.4) is 0 Å². The summed E-state index contributed by atoms with van der Waals surface area (Å²) in [6.07, 6.45) is 9.65. The van der Waals surface area contributed by atoms with Gasteiger partial charge in [0.15, 0.2) is 0 Å². The van der Waals surface area contributed by atoms with Crippen molar-refractivity contribution in [2.45, 2.75) is 19.5 Å². The molecule has 124 valence electrons. The molecule has 1 amide bonds. The van der Waals surface area contributed by atoms with E-state index in [0.717, 1.165) is 24.1 Å². The molecule has 0 aliphatic rings. The second kappa shape index (κ2) is 7.54. The zero-order chi connectivity index (χ0) is 16.8. The highest BCUT2D eigenvalue weighted by Gasteiger charge is 2.06. The van der Waals surface area contributed by atoms with Gasteiger partial charge in [0.05, 0.1) is 12.5 Å². The minimum Gasteiger partial charge on any atom is -0.354 e. The molecule has 1 N–H and O–H groups in total. The molecule has 24 heavy (non-hydrogen) atoms. The standard InChI is InChI=1S/C17H18FN5O/c18-16-4-2-14(3-5-16)15-10-21-23(11-15)12-17(24)20-6-1-8-22-9-7-19-13-22/h2-5,7,9-11,13H,1,6,8,12H2,(H,20,24). The van der Waals surface area contributed by atoms with Crippen LogP contribution < -0.4 is 5.32 Å². The Labute approximate surface area is 138 Å². The number of hydrogen-bond acceptors (Lipinski definition) is 3. The van der Waals surface area contributed by atoms with E-state index in [2.05, 4.69) is 15.4 Å². The van der Waals surface area contributed by atoms with Gasteiger partial charge in [-0.05, 0) is 24.1 Å². The number of amides is 1. The van der Waals surface area contributed by atoms with Gasteiger partial charge in [-0.25, -0.2) is 9.37 Å². The molecular formula is C17H18FN5O. The summed E-state index contributed by atoms with van der Waals surface area (Å²) in [4.78, 5) is 15.9. The zero-order valence-electron chi connectivity index (χ0n) is 13.1. The first-order chi connectivity index (χ1) is 11.7. The molecule has 0 aliphatic carbocycles. The lowest BCUT2D eigenvalue weighted by Crippen LogP contribution is -2.29. The summed E-state index contributed by atoms with van der Waals surface area (Å²) in [5, 5.41) is 7.04. The highest BCUT2D eigenvalue weighted by atomic mass is 19.1. The van der Waals surface area contributed by atoms with E-state index in [-0.39, 0.29) is 18.3 Å². The smallest absolute Gasteiger partial charge is 0.241 e. The van der Waals surface area contributed by atoms with Gasteiger partial charge in [-0.15, -0.1) is 0 Å². The van der Waals surface area contributed by atoms with E-state index in [1.165, 1.54) is 12.1 Å². The number of imidazole rings is 1. The van der Waals surface area contributed by atoms with Gasteiger partial charge in [0.2, 0.25) is 5.91 Å². The van der Waals surface area contributed by atoms with E-state index in [0.29, 0.717) is 6.54 Å². The lowest BCUT2D eigenvalue weighted by Gasteiger charge is -2.06. The Morgan fingerprint density at radius 1 is 1.21 bits per heavy atom. The van der Waals surface area contributed by atoms with Gasteiger partial charge in [0.25, 0.3) is 0 Å². The molecule has 0 bridgehead atoms. The number of nitrogens with one attached hydrogen (secondary N) is 1. The molecule has 0 aliphatic heterocycles. The fraction of sp³-hybridized carbons (Fsp3) is 0.235. The number of carbonyl (C=O) groups excluding carboxylic acids is 1. The van der Waals surface area contributed by atoms with Crippen LogP contribution in [-0.2, 0) is 17.9 Å². The number of nitrogens with zero attached hydrogens (tertiary/aromatic N) is 4. The average Bonchev–Trinajstić information content (AvgIpc) is 3.24. The van der Waals surface area contributed by atoms with Crippen LogP contribution in [0.2, 0.25) is 0 Å². The summed E-state index contributed by atoms with van der Waals surface area (Å²) < 4.78 is 16.5. The molecule has 6 nitrogen and oxygen atoms in total. The van der Waals surface area contributed by atoms with Crippen molar-refractivity contribution in [2.24, 2.45) is 0 Å². The Morgan fingerprint density at radius 3 is 2.79 bits per heavy atom. The van der Waals surface area contributed by atoms with Crippen molar-refractivity contribution in [1.29, 1.82) is 0 Å². The molecule has 0 spiro atoms. The summed E-state index contributed by atoms with van der Waals surface area (Å²) in [5.74, 6) is -0.365. The molecule has 0 fully saturated rings. The van der Waals surface area contributed by atoms with Crippen molar-refractivity contribution in [3.05, 3.63) is 61.2 Å². The second-order valence-electron chi connectivity index (χ2n) is 5.44. The van der Waals surface area contributed by atoms with E-state index in [4.69, 9.17) is 0 Å². The van der Waals surface area contributed by atoms with Crippen molar-refractivity contribution in [3.63, 3.8) is 0 Å². The maximum absolute atomic E-state index is 12.9. The van der Waals surface area contributed by atoms with Crippen LogP contribution in [0.5, 0.6) is 0 Å².